The minimum atomic E-state index is -2.69. The third-order valence-electron chi connectivity index (χ3n) is 7.23. The minimum Gasteiger partial charge on any atom is -0.349 e. The van der Waals surface area contributed by atoms with E-state index in [1.54, 1.807) is 29.2 Å². The number of fused-ring (bicyclic) bond motifs is 3. The predicted molar refractivity (Wildman–Crippen MR) is 135 cm³/mol. The summed E-state index contributed by atoms with van der Waals surface area (Å²) < 4.78 is 55.3. The van der Waals surface area contributed by atoms with Crippen LogP contribution in [0.5, 0.6) is 0 Å². The lowest BCUT2D eigenvalue weighted by Crippen LogP contribution is -2.63. The normalized spacial score (nSPS) is 18.8. The molecule has 6 rings (SSSR count). The molecule has 1 amide bonds. The van der Waals surface area contributed by atoms with Crippen LogP contribution in [0.2, 0.25) is 0 Å². The smallest absolute Gasteiger partial charge is 0.257 e. The number of carbonyl (C=O) groups is 1. The minimum absolute atomic E-state index is 0.0141. The van der Waals surface area contributed by atoms with E-state index in [1.165, 1.54) is 18.6 Å². The molecule has 190 valence electrons. The second kappa shape index (κ2) is 9.10. The summed E-state index contributed by atoms with van der Waals surface area (Å²) in [6.45, 7) is 0.843. The molecule has 0 unspecified atom stereocenters. The van der Waals surface area contributed by atoms with Gasteiger partial charge in [-0.3, -0.25) is 9.78 Å². The number of alkyl halides is 2. The van der Waals surface area contributed by atoms with Crippen LogP contribution in [-0.4, -0.2) is 57.4 Å². The number of nitrogens with zero attached hydrogens (tertiary/aromatic N) is 5. The summed E-state index contributed by atoms with van der Waals surface area (Å²) in [5, 5.41) is 1.42. The first-order valence-electron chi connectivity index (χ1n) is 11.9. The molecular formula is C28H19F4N5O. The van der Waals surface area contributed by atoms with E-state index in [4.69, 9.17) is 6.42 Å². The van der Waals surface area contributed by atoms with E-state index in [-0.39, 0.29) is 28.9 Å². The van der Waals surface area contributed by atoms with Crippen LogP contribution in [0, 0.1) is 24.0 Å². The maximum Gasteiger partial charge on any atom is 0.257 e. The Morgan fingerprint density at radius 1 is 1.13 bits per heavy atom. The average molecular weight is 517 g/mol. The zero-order chi connectivity index (χ0) is 26.6. The van der Waals surface area contributed by atoms with Gasteiger partial charge in [0.25, 0.3) is 6.43 Å². The number of allylic oxidation sites excluding steroid dienone is 1. The molecule has 0 N–H and O–H groups in total. The zero-order valence-electron chi connectivity index (χ0n) is 19.8. The molecule has 0 radical (unpaired) electrons. The SMILES string of the molecule is C#Cc1c(F)ccc2cccc(-c3ncc4c(N5C[C@@H]6[C@H]5CCN6C(=O)/C=C/C(F)F)ncnc4c3F)c12. The van der Waals surface area contributed by atoms with E-state index in [0.717, 1.165) is 6.08 Å². The average Bonchev–Trinajstić information content (AvgIpc) is 3.23. The van der Waals surface area contributed by atoms with Gasteiger partial charge in [0.1, 0.15) is 29.2 Å². The zero-order valence-corrected chi connectivity index (χ0v) is 19.8. The molecular weight excluding hydrogens is 498 g/mol. The number of benzene rings is 2. The van der Waals surface area contributed by atoms with Gasteiger partial charge in [0, 0.05) is 36.3 Å². The lowest BCUT2D eigenvalue weighted by Gasteiger charge is -2.47. The van der Waals surface area contributed by atoms with Crippen molar-refractivity contribution in [3.05, 3.63) is 72.2 Å². The molecule has 10 heteroatoms. The van der Waals surface area contributed by atoms with E-state index in [2.05, 4.69) is 20.9 Å². The molecule has 38 heavy (non-hydrogen) atoms. The summed E-state index contributed by atoms with van der Waals surface area (Å²) in [6.07, 6.45) is 7.72. The number of hydrogen-bond acceptors (Lipinski definition) is 5. The molecule has 4 aromatic rings. The van der Waals surface area contributed by atoms with Gasteiger partial charge in [0.15, 0.2) is 5.82 Å². The standard InChI is InChI=1S/C28H19F4N5O/c1-2-16-19(29)7-6-15-4-3-5-17(24(15)16)26-25(32)27-18(12-33-26)28(35-14-34-27)37-13-21-20(37)10-11-36(21)23(38)9-8-22(30)31/h1,3-9,12,14,20-22H,10-11,13H2/b9-8+/t20-,21-/m1/s1. The summed E-state index contributed by atoms with van der Waals surface area (Å²) in [5.74, 6) is 1.10. The van der Waals surface area contributed by atoms with Gasteiger partial charge in [-0.1, -0.05) is 30.2 Å². The van der Waals surface area contributed by atoms with Gasteiger partial charge in [0.2, 0.25) is 5.91 Å². The van der Waals surface area contributed by atoms with Crippen LogP contribution in [0.15, 0.2) is 55.0 Å². The quantitative estimate of drug-likeness (QED) is 0.223. The van der Waals surface area contributed by atoms with Crippen molar-refractivity contribution in [3.63, 3.8) is 0 Å². The van der Waals surface area contributed by atoms with E-state index < -0.39 is 24.0 Å². The summed E-state index contributed by atoms with van der Waals surface area (Å²) in [7, 11) is 0. The number of amides is 1. The second-order valence-electron chi connectivity index (χ2n) is 9.15. The maximum atomic E-state index is 15.9. The topological polar surface area (TPSA) is 62.2 Å². The van der Waals surface area contributed by atoms with Crippen molar-refractivity contribution in [1.29, 1.82) is 0 Å². The summed E-state index contributed by atoms with van der Waals surface area (Å²) >= 11 is 0. The van der Waals surface area contributed by atoms with Crippen LogP contribution in [0.1, 0.15) is 12.0 Å². The van der Waals surface area contributed by atoms with Crippen molar-refractivity contribution in [2.45, 2.75) is 24.9 Å². The Labute approximate surface area is 214 Å². The Morgan fingerprint density at radius 2 is 1.97 bits per heavy atom. The molecule has 0 spiro atoms. The molecule has 6 nitrogen and oxygen atoms in total. The summed E-state index contributed by atoms with van der Waals surface area (Å²) in [5.41, 5.74) is 0.406. The fourth-order valence-corrected chi connectivity index (χ4v) is 5.47. The van der Waals surface area contributed by atoms with Crippen molar-refractivity contribution in [2.24, 2.45) is 0 Å². The molecule has 2 saturated heterocycles. The first-order valence-corrected chi connectivity index (χ1v) is 11.9. The fourth-order valence-electron chi connectivity index (χ4n) is 5.47. The number of carbonyl (C=O) groups excluding carboxylic acids is 1. The molecule has 0 aliphatic carbocycles. The lowest BCUT2D eigenvalue weighted by atomic mass is 9.95. The molecule has 2 aromatic heterocycles. The number of aromatic nitrogens is 3. The highest BCUT2D eigenvalue weighted by Crippen LogP contribution is 2.40. The predicted octanol–water partition coefficient (Wildman–Crippen LogP) is 4.72. The van der Waals surface area contributed by atoms with E-state index in [0.29, 0.717) is 53.1 Å². The van der Waals surface area contributed by atoms with E-state index >= 15 is 4.39 Å². The Balaban J connectivity index is 1.37. The van der Waals surface area contributed by atoms with E-state index in [9.17, 15) is 18.0 Å². The summed E-state index contributed by atoms with van der Waals surface area (Å²) in [4.78, 5) is 28.8. The van der Waals surface area contributed by atoms with Gasteiger partial charge in [0.05, 0.1) is 23.0 Å². The molecule has 0 bridgehead atoms. The van der Waals surface area contributed by atoms with Crippen LogP contribution >= 0.6 is 0 Å². The highest BCUT2D eigenvalue weighted by atomic mass is 19.3. The first-order chi connectivity index (χ1) is 18.4. The molecule has 2 aliphatic heterocycles. The Bertz CT molecular complexity index is 1680. The van der Waals surface area contributed by atoms with Crippen LogP contribution in [0.3, 0.4) is 0 Å². The molecule has 4 heterocycles. The van der Waals surface area contributed by atoms with Gasteiger partial charge in [-0.15, -0.1) is 6.42 Å². The van der Waals surface area contributed by atoms with E-state index in [1.807, 2.05) is 4.90 Å². The van der Waals surface area contributed by atoms with Crippen molar-refractivity contribution < 1.29 is 22.4 Å². The number of pyridine rings is 1. The number of anilines is 1. The monoisotopic (exact) mass is 517 g/mol. The van der Waals surface area contributed by atoms with Gasteiger partial charge in [-0.2, -0.15) is 0 Å². The fraction of sp³-hybridized carbons (Fsp3) is 0.214. The second-order valence-corrected chi connectivity index (χ2v) is 9.15. The van der Waals surface area contributed by atoms with Gasteiger partial charge in [-0.25, -0.2) is 27.5 Å². The third kappa shape index (κ3) is 3.65. The molecule has 2 fully saturated rings. The highest BCUT2D eigenvalue weighted by molar-refractivity contribution is 6.02. The number of terminal acetylenes is 1. The van der Waals surface area contributed by atoms with Crippen LogP contribution in [-0.2, 0) is 4.79 Å². The van der Waals surface area contributed by atoms with Gasteiger partial charge >= 0.3 is 0 Å². The Hall–Kier alpha value is -4.52. The number of likely N-dealkylation sites (tertiary alicyclic amines) is 1. The molecule has 0 saturated carbocycles. The van der Waals surface area contributed by atoms with Crippen molar-refractivity contribution in [1.82, 2.24) is 19.9 Å². The number of hydrogen-bond donors (Lipinski definition) is 0. The highest BCUT2D eigenvalue weighted by Gasteiger charge is 2.49. The van der Waals surface area contributed by atoms with Crippen LogP contribution < -0.4 is 4.90 Å². The van der Waals surface area contributed by atoms with Gasteiger partial charge in [-0.05, 0) is 23.9 Å². The first kappa shape index (κ1) is 23.9. The largest absolute Gasteiger partial charge is 0.349 e. The van der Waals surface area contributed by atoms with Gasteiger partial charge < -0.3 is 9.80 Å². The Morgan fingerprint density at radius 3 is 2.76 bits per heavy atom. The van der Waals surface area contributed by atoms with Crippen molar-refractivity contribution >= 4 is 33.4 Å². The third-order valence-corrected chi connectivity index (χ3v) is 7.23. The number of rotatable bonds is 4. The van der Waals surface area contributed by atoms with Crippen molar-refractivity contribution in [3.8, 4) is 23.6 Å². The summed E-state index contributed by atoms with van der Waals surface area (Å²) in [6, 6.07) is 7.73. The molecule has 2 aromatic carbocycles. The molecule has 2 atom stereocenters. The van der Waals surface area contributed by atoms with Crippen LogP contribution in [0.25, 0.3) is 32.9 Å². The van der Waals surface area contributed by atoms with Crippen molar-refractivity contribution in [2.75, 3.05) is 18.0 Å². The number of halogens is 4. The molecule has 2 aliphatic rings. The van der Waals surface area contributed by atoms with Crippen LogP contribution in [0.4, 0.5) is 23.4 Å². The lowest BCUT2D eigenvalue weighted by molar-refractivity contribution is -0.127. The Kier molecular flexibility index (Phi) is 5.71. The maximum absolute atomic E-state index is 15.9.